The number of nitrogens with one attached hydrogen (secondary N) is 1. The Morgan fingerprint density at radius 2 is 2.40 bits per heavy atom. The fourth-order valence-electron chi connectivity index (χ4n) is 2.01. The standard InChI is InChI=1S/C11H20N4/c1-2-15(11-8-13-9-11)6-3-5-14-7-4-12-10-14/h4,7,10-11,13H,2-3,5-6,8-9H2,1H3. The summed E-state index contributed by atoms with van der Waals surface area (Å²) in [5.74, 6) is 0. The van der Waals surface area contributed by atoms with Gasteiger partial charge in [0.05, 0.1) is 6.33 Å². The Balaban J connectivity index is 1.67. The molecule has 0 aliphatic carbocycles. The average Bonchev–Trinajstić information content (AvgIpc) is 2.66. The molecule has 1 N–H and O–H groups in total. The molecule has 15 heavy (non-hydrogen) atoms. The Morgan fingerprint density at radius 3 is 2.93 bits per heavy atom. The normalized spacial score (nSPS) is 16.9. The first-order valence-corrected chi connectivity index (χ1v) is 5.80. The van der Waals surface area contributed by atoms with Gasteiger partial charge in [0, 0.05) is 44.6 Å². The van der Waals surface area contributed by atoms with E-state index in [9.17, 15) is 0 Å². The summed E-state index contributed by atoms with van der Waals surface area (Å²) >= 11 is 0. The summed E-state index contributed by atoms with van der Waals surface area (Å²) in [6.45, 7) is 8.02. The van der Waals surface area contributed by atoms with E-state index in [0.717, 1.165) is 19.1 Å². The Kier molecular flexibility index (Phi) is 3.75. The van der Waals surface area contributed by atoms with Crippen LogP contribution in [0.3, 0.4) is 0 Å². The van der Waals surface area contributed by atoms with Crippen molar-refractivity contribution in [1.29, 1.82) is 0 Å². The molecule has 2 heterocycles. The molecule has 0 spiro atoms. The molecule has 4 heteroatoms. The van der Waals surface area contributed by atoms with E-state index >= 15 is 0 Å². The van der Waals surface area contributed by atoms with Gasteiger partial charge < -0.3 is 9.88 Å². The van der Waals surface area contributed by atoms with Gasteiger partial charge in [-0.1, -0.05) is 6.92 Å². The van der Waals surface area contributed by atoms with Crippen LogP contribution in [0, 0.1) is 0 Å². The summed E-state index contributed by atoms with van der Waals surface area (Å²) in [7, 11) is 0. The molecule has 4 nitrogen and oxygen atoms in total. The third-order valence-electron chi connectivity index (χ3n) is 3.10. The Morgan fingerprint density at radius 1 is 1.53 bits per heavy atom. The van der Waals surface area contributed by atoms with Crippen molar-refractivity contribution in [2.75, 3.05) is 26.2 Å². The van der Waals surface area contributed by atoms with E-state index in [0.29, 0.717) is 0 Å². The third kappa shape index (κ3) is 2.79. The van der Waals surface area contributed by atoms with E-state index in [1.165, 1.54) is 26.1 Å². The molecule has 1 aliphatic heterocycles. The molecule has 0 bridgehead atoms. The van der Waals surface area contributed by atoms with Gasteiger partial charge in [0.2, 0.25) is 0 Å². The molecule has 0 atom stereocenters. The predicted octanol–water partition coefficient (Wildman–Crippen LogP) is 0.567. The van der Waals surface area contributed by atoms with Crippen LogP contribution < -0.4 is 5.32 Å². The molecule has 1 aromatic rings. The van der Waals surface area contributed by atoms with E-state index in [2.05, 4.69) is 26.7 Å². The lowest BCUT2D eigenvalue weighted by Crippen LogP contribution is -2.57. The molecule has 0 unspecified atom stereocenters. The molecular weight excluding hydrogens is 188 g/mol. The molecule has 0 amide bonds. The van der Waals surface area contributed by atoms with E-state index in [-0.39, 0.29) is 0 Å². The lowest BCUT2D eigenvalue weighted by atomic mass is 10.1. The zero-order chi connectivity index (χ0) is 10.5. The first kappa shape index (κ1) is 10.6. The van der Waals surface area contributed by atoms with Crippen LogP contribution in [0.1, 0.15) is 13.3 Å². The van der Waals surface area contributed by atoms with Crippen molar-refractivity contribution in [3.63, 3.8) is 0 Å². The molecule has 0 saturated carbocycles. The molecule has 0 radical (unpaired) electrons. The first-order valence-electron chi connectivity index (χ1n) is 5.80. The smallest absolute Gasteiger partial charge is 0.0945 e. The molecule has 1 saturated heterocycles. The number of hydrogen-bond donors (Lipinski definition) is 1. The second-order valence-corrected chi connectivity index (χ2v) is 4.09. The molecule has 2 rings (SSSR count). The third-order valence-corrected chi connectivity index (χ3v) is 3.10. The van der Waals surface area contributed by atoms with Crippen molar-refractivity contribution in [3.8, 4) is 0 Å². The minimum atomic E-state index is 0.776. The van der Waals surface area contributed by atoms with E-state index in [4.69, 9.17) is 0 Å². The predicted molar refractivity (Wildman–Crippen MR) is 60.7 cm³/mol. The van der Waals surface area contributed by atoms with Crippen molar-refractivity contribution in [2.45, 2.75) is 25.9 Å². The van der Waals surface area contributed by atoms with Gasteiger partial charge in [-0.25, -0.2) is 4.98 Å². The fraction of sp³-hybridized carbons (Fsp3) is 0.727. The van der Waals surface area contributed by atoms with Crippen LogP contribution in [0.5, 0.6) is 0 Å². The molecule has 1 fully saturated rings. The number of aromatic nitrogens is 2. The maximum atomic E-state index is 4.04. The van der Waals surface area contributed by atoms with Gasteiger partial charge in [0.25, 0.3) is 0 Å². The van der Waals surface area contributed by atoms with E-state index < -0.39 is 0 Å². The van der Waals surface area contributed by atoms with Crippen LogP contribution in [0.15, 0.2) is 18.7 Å². The highest BCUT2D eigenvalue weighted by atomic mass is 15.2. The molecule has 1 aliphatic rings. The molecule has 1 aromatic heterocycles. The van der Waals surface area contributed by atoms with Gasteiger partial charge in [0.15, 0.2) is 0 Å². The zero-order valence-electron chi connectivity index (χ0n) is 9.39. The summed E-state index contributed by atoms with van der Waals surface area (Å²) in [4.78, 5) is 6.60. The van der Waals surface area contributed by atoms with E-state index in [1.54, 1.807) is 0 Å². The minimum Gasteiger partial charge on any atom is -0.337 e. The van der Waals surface area contributed by atoms with Crippen LogP contribution in [0.25, 0.3) is 0 Å². The van der Waals surface area contributed by atoms with Gasteiger partial charge in [0.1, 0.15) is 0 Å². The lowest BCUT2D eigenvalue weighted by Gasteiger charge is -2.37. The quantitative estimate of drug-likeness (QED) is 0.742. The van der Waals surface area contributed by atoms with Crippen molar-refractivity contribution >= 4 is 0 Å². The number of hydrogen-bond acceptors (Lipinski definition) is 3. The van der Waals surface area contributed by atoms with Crippen molar-refractivity contribution < 1.29 is 0 Å². The maximum Gasteiger partial charge on any atom is 0.0945 e. The highest BCUT2D eigenvalue weighted by Crippen LogP contribution is 2.05. The number of imidazole rings is 1. The highest BCUT2D eigenvalue weighted by molar-refractivity contribution is 4.84. The van der Waals surface area contributed by atoms with Gasteiger partial charge in [-0.3, -0.25) is 4.90 Å². The summed E-state index contributed by atoms with van der Waals surface area (Å²) in [5, 5.41) is 3.32. The SMILES string of the molecule is CCN(CCCn1ccnc1)C1CNC1. The average molecular weight is 208 g/mol. The van der Waals surface area contributed by atoms with Crippen LogP contribution in [0.4, 0.5) is 0 Å². The van der Waals surface area contributed by atoms with Crippen molar-refractivity contribution in [1.82, 2.24) is 19.8 Å². The summed E-state index contributed by atoms with van der Waals surface area (Å²) in [6.07, 6.45) is 6.97. The van der Waals surface area contributed by atoms with Crippen LogP contribution >= 0.6 is 0 Å². The topological polar surface area (TPSA) is 33.1 Å². The van der Waals surface area contributed by atoms with Crippen LogP contribution in [-0.2, 0) is 6.54 Å². The van der Waals surface area contributed by atoms with Gasteiger partial charge in [-0.15, -0.1) is 0 Å². The largest absolute Gasteiger partial charge is 0.337 e. The fourth-order valence-corrected chi connectivity index (χ4v) is 2.01. The lowest BCUT2D eigenvalue weighted by molar-refractivity contribution is 0.149. The van der Waals surface area contributed by atoms with Crippen molar-refractivity contribution in [3.05, 3.63) is 18.7 Å². The van der Waals surface area contributed by atoms with Crippen LogP contribution in [-0.4, -0.2) is 46.7 Å². The summed E-state index contributed by atoms with van der Waals surface area (Å²) < 4.78 is 2.15. The number of aryl methyl sites for hydroxylation is 1. The molecule has 84 valence electrons. The van der Waals surface area contributed by atoms with Crippen LogP contribution in [0.2, 0.25) is 0 Å². The van der Waals surface area contributed by atoms with Gasteiger partial charge >= 0.3 is 0 Å². The number of likely N-dealkylation sites (N-methyl/N-ethyl adjacent to an activating group) is 1. The Bertz CT molecular complexity index is 266. The summed E-state index contributed by atoms with van der Waals surface area (Å²) in [6, 6.07) is 0.776. The Labute approximate surface area is 91.3 Å². The molecule has 0 aromatic carbocycles. The monoisotopic (exact) mass is 208 g/mol. The zero-order valence-corrected chi connectivity index (χ0v) is 9.39. The maximum absolute atomic E-state index is 4.04. The summed E-state index contributed by atoms with van der Waals surface area (Å²) in [5.41, 5.74) is 0. The van der Waals surface area contributed by atoms with Gasteiger partial charge in [-0.05, 0) is 13.0 Å². The second kappa shape index (κ2) is 5.28. The second-order valence-electron chi connectivity index (χ2n) is 4.09. The minimum absolute atomic E-state index is 0.776. The number of nitrogens with zero attached hydrogens (tertiary/aromatic N) is 3. The number of rotatable bonds is 6. The highest BCUT2D eigenvalue weighted by Gasteiger charge is 2.22. The first-order chi connectivity index (χ1) is 7.40. The van der Waals surface area contributed by atoms with E-state index in [1.807, 2.05) is 18.7 Å². The van der Waals surface area contributed by atoms with Crippen molar-refractivity contribution in [2.24, 2.45) is 0 Å². The Hall–Kier alpha value is -0.870. The molecular formula is C11H20N4. The van der Waals surface area contributed by atoms with Gasteiger partial charge in [-0.2, -0.15) is 0 Å².